The number of carbonyl (C=O) groups excluding carboxylic acids is 1. The Morgan fingerprint density at radius 2 is 1.86 bits per heavy atom. The molecular weight excluding hydrogens is 270 g/mol. The highest BCUT2D eigenvalue weighted by Crippen LogP contribution is 2.34. The van der Waals surface area contributed by atoms with Gasteiger partial charge in [0.15, 0.2) is 0 Å². The van der Waals surface area contributed by atoms with Gasteiger partial charge in [-0.2, -0.15) is 0 Å². The number of carboxylic acid groups (broad SMARTS) is 1. The van der Waals surface area contributed by atoms with Gasteiger partial charge in [0.05, 0.1) is 6.42 Å². The fourth-order valence-electron chi connectivity index (χ4n) is 2.31. The minimum absolute atomic E-state index is 0.0135. The number of aliphatic carboxylic acids is 1. The van der Waals surface area contributed by atoms with E-state index >= 15 is 0 Å². The highest BCUT2D eigenvalue weighted by Gasteiger charge is 2.34. The smallest absolute Gasteiger partial charge is 0.317 e. The molecule has 1 rings (SSSR count). The van der Waals surface area contributed by atoms with Crippen molar-refractivity contribution < 1.29 is 14.7 Å². The molecule has 0 radical (unpaired) electrons. The number of nitrogens with one attached hydrogen (secondary N) is 1. The summed E-state index contributed by atoms with van der Waals surface area (Å²) in [6.07, 6.45) is 2.04. The van der Waals surface area contributed by atoms with Gasteiger partial charge >= 0.3 is 12.0 Å². The first-order valence-corrected chi connectivity index (χ1v) is 7.71. The number of amides is 2. The third-order valence-corrected chi connectivity index (χ3v) is 3.58. The van der Waals surface area contributed by atoms with E-state index in [0.29, 0.717) is 24.9 Å². The van der Waals surface area contributed by atoms with E-state index in [-0.39, 0.29) is 18.5 Å². The van der Waals surface area contributed by atoms with E-state index in [0.717, 1.165) is 19.4 Å². The molecule has 0 saturated heterocycles. The Balaban J connectivity index is 2.57. The molecule has 1 unspecified atom stereocenters. The first kappa shape index (κ1) is 17.8. The van der Waals surface area contributed by atoms with E-state index in [1.54, 1.807) is 4.90 Å². The van der Waals surface area contributed by atoms with Crippen molar-refractivity contribution in [1.82, 2.24) is 15.1 Å². The van der Waals surface area contributed by atoms with Crippen LogP contribution in [0.2, 0.25) is 0 Å². The molecule has 6 heteroatoms. The first-order chi connectivity index (χ1) is 9.79. The highest BCUT2D eigenvalue weighted by molar-refractivity contribution is 5.76. The van der Waals surface area contributed by atoms with Crippen LogP contribution in [-0.4, -0.2) is 66.7 Å². The number of urea groups is 1. The summed E-state index contributed by atoms with van der Waals surface area (Å²) in [5, 5.41) is 11.9. The lowest BCUT2D eigenvalue weighted by Gasteiger charge is -2.28. The van der Waals surface area contributed by atoms with E-state index < -0.39 is 5.97 Å². The summed E-state index contributed by atoms with van der Waals surface area (Å²) >= 11 is 0. The maximum Gasteiger partial charge on any atom is 0.317 e. The first-order valence-electron chi connectivity index (χ1n) is 7.71. The predicted octanol–water partition coefficient (Wildman–Crippen LogP) is 1.47. The second-order valence-electron chi connectivity index (χ2n) is 6.63. The second-order valence-corrected chi connectivity index (χ2v) is 6.63. The molecule has 0 aromatic carbocycles. The van der Waals surface area contributed by atoms with Gasteiger partial charge in [0.2, 0.25) is 0 Å². The summed E-state index contributed by atoms with van der Waals surface area (Å²) in [7, 11) is 3.95. The SMILES string of the molecule is CC(C)CN(CCN(C)C)C(=O)NC(CC(=O)O)C1CC1. The van der Waals surface area contributed by atoms with E-state index in [1.807, 2.05) is 19.0 Å². The third kappa shape index (κ3) is 7.32. The van der Waals surface area contributed by atoms with Crippen LogP contribution in [0.3, 0.4) is 0 Å². The van der Waals surface area contributed by atoms with Crippen LogP contribution in [0.5, 0.6) is 0 Å². The van der Waals surface area contributed by atoms with Gasteiger partial charge in [-0.1, -0.05) is 13.8 Å². The van der Waals surface area contributed by atoms with Crippen LogP contribution in [0, 0.1) is 11.8 Å². The average molecular weight is 299 g/mol. The van der Waals surface area contributed by atoms with Crippen molar-refractivity contribution in [3.63, 3.8) is 0 Å². The van der Waals surface area contributed by atoms with Crippen molar-refractivity contribution in [2.75, 3.05) is 33.7 Å². The van der Waals surface area contributed by atoms with E-state index in [2.05, 4.69) is 19.2 Å². The van der Waals surface area contributed by atoms with Crippen molar-refractivity contribution in [3.05, 3.63) is 0 Å². The summed E-state index contributed by atoms with van der Waals surface area (Å²) in [5.74, 6) is -0.132. The molecule has 122 valence electrons. The van der Waals surface area contributed by atoms with Crippen LogP contribution in [-0.2, 0) is 4.79 Å². The lowest BCUT2D eigenvalue weighted by atomic mass is 10.1. The van der Waals surface area contributed by atoms with Crippen LogP contribution < -0.4 is 5.32 Å². The molecule has 1 aliphatic carbocycles. The summed E-state index contributed by atoms with van der Waals surface area (Å²) in [5.41, 5.74) is 0. The highest BCUT2D eigenvalue weighted by atomic mass is 16.4. The molecule has 2 N–H and O–H groups in total. The van der Waals surface area contributed by atoms with Gasteiger partial charge in [0.25, 0.3) is 0 Å². The molecule has 1 fully saturated rings. The van der Waals surface area contributed by atoms with Gasteiger partial charge in [0.1, 0.15) is 0 Å². The number of nitrogens with zero attached hydrogens (tertiary/aromatic N) is 2. The maximum atomic E-state index is 12.4. The van der Waals surface area contributed by atoms with Crippen molar-refractivity contribution in [2.45, 2.75) is 39.2 Å². The summed E-state index contributed by atoms with van der Waals surface area (Å²) < 4.78 is 0. The largest absolute Gasteiger partial charge is 0.481 e. The Labute approximate surface area is 127 Å². The van der Waals surface area contributed by atoms with E-state index in [4.69, 9.17) is 5.11 Å². The predicted molar refractivity (Wildman–Crippen MR) is 82.3 cm³/mol. The fourth-order valence-corrected chi connectivity index (χ4v) is 2.31. The Morgan fingerprint density at radius 1 is 1.24 bits per heavy atom. The number of carboxylic acids is 1. The molecule has 1 saturated carbocycles. The molecule has 0 bridgehead atoms. The van der Waals surface area contributed by atoms with Crippen LogP contribution in [0.4, 0.5) is 4.79 Å². The zero-order valence-corrected chi connectivity index (χ0v) is 13.6. The Bertz CT molecular complexity index is 354. The standard InChI is InChI=1S/C15H29N3O3/c1-11(2)10-18(8-7-17(3)4)15(21)16-13(9-14(19)20)12-5-6-12/h11-13H,5-10H2,1-4H3,(H,16,21)(H,19,20). The van der Waals surface area contributed by atoms with Crippen molar-refractivity contribution in [2.24, 2.45) is 11.8 Å². The van der Waals surface area contributed by atoms with Gasteiger partial charge in [0, 0.05) is 25.7 Å². The van der Waals surface area contributed by atoms with Crippen LogP contribution in [0.15, 0.2) is 0 Å². The van der Waals surface area contributed by atoms with Gasteiger partial charge < -0.3 is 20.2 Å². The van der Waals surface area contributed by atoms with Gasteiger partial charge in [-0.05, 0) is 38.8 Å². The average Bonchev–Trinajstić information content (AvgIpc) is 3.16. The summed E-state index contributed by atoms with van der Waals surface area (Å²) in [6.45, 7) is 6.29. The molecule has 0 heterocycles. The van der Waals surface area contributed by atoms with Crippen molar-refractivity contribution in [1.29, 1.82) is 0 Å². The van der Waals surface area contributed by atoms with Crippen LogP contribution in [0.1, 0.15) is 33.1 Å². The normalized spacial score (nSPS) is 16.1. The van der Waals surface area contributed by atoms with E-state index in [1.165, 1.54) is 0 Å². The van der Waals surface area contributed by atoms with Crippen LogP contribution in [0.25, 0.3) is 0 Å². The molecule has 0 spiro atoms. The molecule has 0 aromatic heterocycles. The number of likely N-dealkylation sites (N-methyl/N-ethyl adjacent to an activating group) is 1. The van der Waals surface area contributed by atoms with Gasteiger partial charge in [-0.15, -0.1) is 0 Å². The third-order valence-electron chi connectivity index (χ3n) is 3.58. The van der Waals surface area contributed by atoms with Crippen molar-refractivity contribution >= 4 is 12.0 Å². The van der Waals surface area contributed by atoms with Gasteiger partial charge in [-0.25, -0.2) is 4.79 Å². The number of hydrogen-bond acceptors (Lipinski definition) is 3. The Hall–Kier alpha value is -1.30. The lowest BCUT2D eigenvalue weighted by Crippen LogP contribution is -2.49. The quantitative estimate of drug-likeness (QED) is 0.676. The lowest BCUT2D eigenvalue weighted by molar-refractivity contribution is -0.137. The molecule has 1 aliphatic rings. The molecule has 21 heavy (non-hydrogen) atoms. The molecular formula is C15H29N3O3. The Kier molecular flexibility index (Phi) is 6.95. The fraction of sp³-hybridized carbons (Fsp3) is 0.867. The second kappa shape index (κ2) is 8.22. The van der Waals surface area contributed by atoms with Crippen LogP contribution >= 0.6 is 0 Å². The topological polar surface area (TPSA) is 72.9 Å². The van der Waals surface area contributed by atoms with Crippen molar-refractivity contribution in [3.8, 4) is 0 Å². The summed E-state index contributed by atoms with van der Waals surface area (Å²) in [4.78, 5) is 27.2. The number of rotatable bonds is 9. The van der Waals surface area contributed by atoms with E-state index in [9.17, 15) is 9.59 Å². The molecule has 1 atom stereocenters. The van der Waals surface area contributed by atoms with Gasteiger partial charge in [-0.3, -0.25) is 4.79 Å². The molecule has 2 amide bonds. The zero-order valence-electron chi connectivity index (χ0n) is 13.6. The number of carbonyl (C=O) groups is 2. The number of hydrogen-bond donors (Lipinski definition) is 2. The zero-order chi connectivity index (χ0) is 16.0. The molecule has 0 aromatic rings. The summed E-state index contributed by atoms with van der Waals surface area (Å²) in [6, 6.07) is -0.368. The minimum Gasteiger partial charge on any atom is -0.481 e. The minimum atomic E-state index is -0.851. The monoisotopic (exact) mass is 299 g/mol. The molecule has 6 nitrogen and oxygen atoms in total. The maximum absolute atomic E-state index is 12.4. The Morgan fingerprint density at radius 3 is 2.29 bits per heavy atom. The molecule has 0 aliphatic heterocycles.